The minimum absolute atomic E-state index is 0.538. The summed E-state index contributed by atoms with van der Waals surface area (Å²) in [7, 11) is 0. The van der Waals surface area contributed by atoms with Gasteiger partial charge in [-0.3, -0.25) is 4.90 Å². The Morgan fingerprint density at radius 3 is 3.05 bits per heavy atom. The number of H-pyrrole nitrogens is 2. The van der Waals surface area contributed by atoms with Crippen LogP contribution in [0.2, 0.25) is 0 Å². The number of nitrogens with zero attached hydrogens (tertiary/aromatic N) is 4. The van der Waals surface area contributed by atoms with Gasteiger partial charge in [0.15, 0.2) is 0 Å². The zero-order chi connectivity index (χ0) is 15.0. The third kappa shape index (κ3) is 2.38. The van der Waals surface area contributed by atoms with Crippen molar-refractivity contribution in [1.82, 2.24) is 30.3 Å². The molecular formula is C15H18N6O. The average Bonchev–Trinajstić information content (AvgIpc) is 3.16. The molecule has 7 nitrogen and oxygen atoms in total. The molecule has 0 aliphatic carbocycles. The summed E-state index contributed by atoms with van der Waals surface area (Å²) in [5.74, 6) is 0.922. The number of aliphatic hydroxyl groups is 1. The summed E-state index contributed by atoms with van der Waals surface area (Å²) >= 11 is 0. The van der Waals surface area contributed by atoms with Gasteiger partial charge >= 0.3 is 0 Å². The van der Waals surface area contributed by atoms with Crippen molar-refractivity contribution in [2.75, 3.05) is 13.1 Å². The molecular weight excluding hydrogens is 280 g/mol. The Balaban J connectivity index is 1.53. The molecule has 0 amide bonds. The van der Waals surface area contributed by atoms with Crippen LogP contribution >= 0.6 is 0 Å². The van der Waals surface area contributed by atoms with Crippen molar-refractivity contribution in [1.29, 1.82) is 0 Å². The predicted octanol–water partition coefficient (Wildman–Crippen LogP) is 1.16. The monoisotopic (exact) mass is 298 g/mol. The number of nitrogens with one attached hydrogen (secondary N) is 2. The second-order valence-corrected chi connectivity index (χ2v) is 5.90. The summed E-state index contributed by atoms with van der Waals surface area (Å²) in [5.41, 5.74) is 1.70. The van der Waals surface area contributed by atoms with Gasteiger partial charge in [-0.1, -0.05) is 12.1 Å². The molecule has 7 heteroatoms. The third-order valence-electron chi connectivity index (χ3n) is 4.25. The number of piperidine rings is 1. The second kappa shape index (κ2) is 5.19. The van der Waals surface area contributed by atoms with Crippen LogP contribution in [-0.2, 0) is 12.1 Å². The van der Waals surface area contributed by atoms with Gasteiger partial charge in [0.05, 0.1) is 23.8 Å². The summed E-state index contributed by atoms with van der Waals surface area (Å²) in [5, 5.41) is 21.3. The Hall–Kier alpha value is -2.25. The van der Waals surface area contributed by atoms with Crippen LogP contribution in [0, 0.1) is 0 Å². The van der Waals surface area contributed by atoms with Crippen molar-refractivity contribution in [3.8, 4) is 0 Å². The Kier molecular flexibility index (Phi) is 3.16. The summed E-state index contributed by atoms with van der Waals surface area (Å²) in [4.78, 5) is 10.1. The molecule has 3 heterocycles. The molecule has 1 aromatic carbocycles. The van der Waals surface area contributed by atoms with E-state index in [1.165, 1.54) is 0 Å². The van der Waals surface area contributed by atoms with E-state index in [9.17, 15) is 5.11 Å². The number of para-hydroxylation sites is 2. The van der Waals surface area contributed by atoms with Crippen molar-refractivity contribution >= 4 is 11.0 Å². The minimum atomic E-state index is -0.933. The summed E-state index contributed by atoms with van der Waals surface area (Å²) in [6.07, 6.45) is 3.23. The van der Waals surface area contributed by atoms with E-state index in [1.54, 1.807) is 6.20 Å². The fourth-order valence-corrected chi connectivity index (χ4v) is 3.19. The first-order valence-electron chi connectivity index (χ1n) is 7.48. The fourth-order valence-electron chi connectivity index (χ4n) is 3.19. The van der Waals surface area contributed by atoms with Crippen molar-refractivity contribution in [2.24, 2.45) is 0 Å². The van der Waals surface area contributed by atoms with Gasteiger partial charge in [0.2, 0.25) is 0 Å². The molecule has 4 rings (SSSR count). The molecule has 1 saturated heterocycles. The first-order chi connectivity index (χ1) is 10.7. The maximum atomic E-state index is 10.8. The number of benzene rings is 1. The first-order valence-corrected chi connectivity index (χ1v) is 7.48. The number of hydrogen-bond acceptors (Lipinski definition) is 5. The standard InChI is InChI=1S/C15H18N6O/c22-15(13-8-16-20-19-13)6-3-7-21(10-15)9-14-17-11-4-1-2-5-12(11)18-14/h1-2,4-5,8,22H,3,6-7,9-10H2,(H,17,18)(H,16,19,20)/t15-/m1/s1. The molecule has 1 aliphatic rings. The highest BCUT2D eigenvalue weighted by Gasteiger charge is 2.37. The van der Waals surface area contributed by atoms with E-state index in [-0.39, 0.29) is 0 Å². The topological polar surface area (TPSA) is 93.7 Å². The Morgan fingerprint density at radius 1 is 1.32 bits per heavy atom. The number of hydrogen-bond donors (Lipinski definition) is 3. The lowest BCUT2D eigenvalue weighted by molar-refractivity contribution is -0.0419. The lowest BCUT2D eigenvalue weighted by Gasteiger charge is -2.37. The summed E-state index contributed by atoms with van der Waals surface area (Å²) in [6.45, 7) is 2.17. The molecule has 0 saturated carbocycles. The van der Waals surface area contributed by atoms with Gasteiger partial charge in [0, 0.05) is 6.54 Å². The largest absolute Gasteiger partial charge is 0.382 e. The molecule has 0 spiro atoms. The number of imidazole rings is 1. The Morgan fingerprint density at radius 2 is 2.23 bits per heavy atom. The second-order valence-electron chi connectivity index (χ2n) is 5.90. The average molecular weight is 298 g/mol. The number of fused-ring (bicyclic) bond motifs is 1. The molecule has 22 heavy (non-hydrogen) atoms. The van der Waals surface area contributed by atoms with Crippen molar-refractivity contribution in [3.05, 3.63) is 42.0 Å². The van der Waals surface area contributed by atoms with Crippen molar-refractivity contribution < 1.29 is 5.11 Å². The molecule has 1 fully saturated rings. The number of likely N-dealkylation sites (tertiary alicyclic amines) is 1. The van der Waals surface area contributed by atoms with E-state index in [2.05, 4.69) is 30.3 Å². The van der Waals surface area contributed by atoms with E-state index in [4.69, 9.17) is 0 Å². The Bertz CT molecular complexity index is 734. The highest BCUT2D eigenvalue weighted by molar-refractivity contribution is 5.74. The van der Waals surface area contributed by atoms with Crippen molar-refractivity contribution in [3.63, 3.8) is 0 Å². The number of β-amino-alcohol motifs (C(OH)–C–C–N with tert-alkyl or cyclic N) is 1. The smallest absolute Gasteiger partial charge is 0.123 e. The van der Waals surface area contributed by atoms with Gasteiger partial charge in [0.25, 0.3) is 0 Å². The third-order valence-corrected chi connectivity index (χ3v) is 4.25. The van der Waals surface area contributed by atoms with Crippen LogP contribution in [-0.4, -0.2) is 48.5 Å². The van der Waals surface area contributed by atoms with Gasteiger partial charge in [-0.2, -0.15) is 15.4 Å². The lowest BCUT2D eigenvalue weighted by atomic mass is 9.90. The molecule has 3 N–H and O–H groups in total. The molecule has 114 valence electrons. The normalized spacial score (nSPS) is 23.1. The first kappa shape index (κ1) is 13.4. The van der Waals surface area contributed by atoms with E-state index < -0.39 is 5.60 Å². The number of rotatable bonds is 3. The number of aromatic amines is 2. The zero-order valence-corrected chi connectivity index (χ0v) is 12.2. The highest BCUT2D eigenvalue weighted by Crippen LogP contribution is 2.30. The summed E-state index contributed by atoms with van der Waals surface area (Å²) in [6, 6.07) is 8.00. The lowest BCUT2D eigenvalue weighted by Crippen LogP contribution is -2.46. The molecule has 1 atom stereocenters. The van der Waals surface area contributed by atoms with E-state index in [0.29, 0.717) is 25.2 Å². The molecule has 2 aromatic heterocycles. The molecule has 1 aliphatic heterocycles. The van der Waals surface area contributed by atoms with Gasteiger partial charge in [-0.25, -0.2) is 4.98 Å². The SMILES string of the molecule is O[C@]1(c2cn[nH]n2)CCCN(Cc2nc3ccccc3[nH]2)C1. The molecule has 3 aromatic rings. The Labute approximate surface area is 127 Å². The zero-order valence-electron chi connectivity index (χ0n) is 12.2. The molecule has 0 radical (unpaired) electrons. The van der Waals surface area contributed by atoms with Gasteiger partial charge < -0.3 is 10.1 Å². The van der Waals surface area contributed by atoms with Crippen LogP contribution in [0.3, 0.4) is 0 Å². The minimum Gasteiger partial charge on any atom is -0.382 e. The van der Waals surface area contributed by atoms with E-state index in [1.807, 2.05) is 24.3 Å². The maximum Gasteiger partial charge on any atom is 0.123 e. The van der Waals surface area contributed by atoms with Crippen LogP contribution in [0.25, 0.3) is 11.0 Å². The quantitative estimate of drug-likeness (QED) is 0.675. The van der Waals surface area contributed by atoms with Crippen LogP contribution in [0.4, 0.5) is 0 Å². The van der Waals surface area contributed by atoms with E-state index in [0.717, 1.165) is 29.8 Å². The molecule has 0 unspecified atom stereocenters. The number of aromatic nitrogens is 5. The van der Waals surface area contributed by atoms with E-state index >= 15 is 0 Å². The van der Waals surface area contributed by atoms with Crippen LogP contribution in [0.5, 0.6) is 0 Å². The van der Waals surface area contributed by atoms with Crippen LogP contribution in [0.15, 0.2) is 30.5 Å². The van der Waals surface area contributed by atoms with Gasteiger partial charge in [-0.15, -0.1) is 0 Å². The van der Waals surface area contributed by atoms with Gasteiger partial charge in [-0.05, 0) is 31.5 Å². The van der Waals surface area contributed by atoms with Gasteiger partial charge in [0.1, 0.15) is 17.1 Å². The fraction of sp³-hybridized carbons (Fsp3) is 0.400. The van der Waals surface area contributed by atoms with Crippen LogP contribution < -0.4 is 0 Å². The van der Waals surface area contributed by atoms with Crippen molar-refractivity contribution in [2.45, 2.75) is 25.0 Å². The summed E-state index contributed by atoms with van der Waals surface area (Å²) < 4.78 is 0. The maximum absolute atomic E-state index is 10.8. The predicted molar refractivity (Wildman–Crippen MR) is 80.9 cm³/mol. The highest BCUT2D eigenvalue weighted by atomic mass is 16.3. The molecule has 0 bridgehead atoms. The van der Waals surface area contributed by atoms with Crippen LogP contribution in [0.1, 0.15) is 24.4 Å².